The molecule has 0 aromatic carbocycles. The molecule has 6 heteroatoms. The summed E-state index contributed by atoms with van der Waals surface area (Å²) in [5, 5.41) is 3.18. The second-order valence-electron chi connectivity index (χ2n) is 7.02. The van der Waals surface area contributed by atoms with Crippen molar-refractivity contribution >= 4 is 17.2 Å². The molecular formula is C19H25N3O2S. The molecule has 0 radical (unpaired) electrons. The van der Waals surface area contributed by atoms with Gasteiger partial charge in [-0.1, -0.05) is 6.07 Å². The smallest absolute Gasteiger partial charge is 0.129 e. The number of hydrogen-bond acceptors (Lipinski definition) is 6. The first-order valence-corrected chi connectivity index (χ1v) is 9.87. The van der Waals surface area contributed by atoms with E-state index in [2.05, 4.69) is 27.4 Å². The summed E-state index contributed by atoms with van der Waals surface area (Å²) in [5.74, 6) is 1.62. The number of aryl methyl sites for hydroxylation is 2. The quantitative estimate of drug-likeness (QED) is 0.819. The summed E-state index contributed by atoms with van der Waals surface area (Å²) < 4.78 is 12.0. The van der Waals surface area contributed by atoms with Crippen molar-refractivity contribution in [3.63, 3.8) is 0 Å². The molecule has 2 aliphatic rings. The normalized spacial score (nSPS) is 26.0. The van der Waals surface area contributed by atoms with Gasteiger partial charge in [0.15, 0.2) is 0 Å². The number of hydrogen-bond donors (Lipinski definition) is 0. The number of anilines is 1. The van der Waals surface area contributed by atoms with Crippen molar-refractivity contribution < 1.29 is 9.47 Å². The molecule has 4 rings (SSSR count). The molecule has 3 atom stereocenters. The number of thiazole rings is 1. The van der Waals surface area contributed by atoms with Crippen LogP contribution in [0.25, 0.3) is 0 Å². The fourth-order valence-electron chi connectivity index (χ4n) is 3.96. The Bertz CT molecular complexity index is 720. The van der Waals surface area contributed by atoms with Gasteiger partial charge in [0.1, 0.15) is 5.82 Å². The lowest BCUT2D eigenvalue weighted by Crippen LogP contribution is -2.49. The van der Waals surface area contributed by atoms with Gasteiger partial charge < -0.3 is 14.4 Å². The van der Waals surface area contributed by atoms with E-state index in [-0.39, 0.29) is 0 Å². The molecule has 2 aromatic heterocycles. The highest BCUT2D eigenvalue weighted by atomic mass is 32.1. The van der Waals surface area contributed by atoms with Crippen molar-refractivity contribution in [1.82, 2.24) is 9.97 Å². The Balaban J connectivity index is 1.35. The predicted molar refractivity (Wildman–Crippen MR) is 99.1 cm³/mol. The fraction of sp³-hybridized carbons (Fsp3) is 0.579. The van der Waals surface area contributed by atoms with Crippen LogP contribution in [0.5, 0.6) is 0 Å². The first-order valence-electron chi connectivity index (χ1n) is 8.99. The summed E-state index contributed by atoms with van der Waals surface area (Å²) in [6, 6.07) is 6.67. The van der Waals surface area contributed by atoms with E-state index < -0.39 is 0 Å². The van der Waals surface area contributed by atoms with Gasteiger partial charge >= 0.3 is 0 Å². The van der Waals surface area contributed by atoms with E-state index in [0.717, 1.165) is 54.8 Å². The third-order valence-corrected chi connectivity index (χ3v) is 5.89. The molecule has 0 bridgehead atoms. The van der Waals surface area contributed by atoms with Gasteiger partial charge in [0, 0.05) is 17.6 Å². The molecule has 5 nitrogen and oxygen atoms in total. The molecule has 1 saturated heterocycles. The molecule has 25 heavy (non-hydrogen) atoms. The zero-order chi connectivity index (χ0) is 17.2. The number of aromatic nitrogens is 2. The average Bonchev–Trinajstić information content (AvgIpc) is 3.20. The molecule has 3 heterocycles. The number of ether oxygens (including phenoxy) is 2. The van der Waals surface area contributed by atoms with Gasteiger partial charge in [0.25, 0.3) is 0 Å². The van der Waals surface area contributed by atoms with Crippen molar-refractivity contribution in [3.05, 3.63) is 40.0 Å². The van der Waals surface area contributed by atoms with E-state index in [1.54, 1.807) is 11.3 Å². The number of rotatable bonds is 5. The van der Waals surface area contributed by atoms with E-state index in [4.69, 9.17) is 14.5 Å². The maximum absolute atomic E-state index is 6.05. The maximum Gasteiger partial charge on any atom is 0.129 e. The highest BCUT2D eigenvalue weighted by Gasteiger charge is 2.41. The minimum atomic E-state index is 0.297. The van der Waals surface area contributed by atoms with Crippen LogP contribution in [0, 0.1) is 19.8 Å². The average molecular weight is 359 g/mol. The molecule has 2 aromatic rings. The van der Waals surface area contributed by atoms with Crippen molar-refractivity contribution in [2.45, 2.75) is 45.4 Å². The van der Waals surface area contributed by atoms with Crippen LogP contribution in [-0.4, -0.2) is 41.9 Å². The van der Waals surface area contributed by atoms with Crippen LogP contribution in [0.4, 0.5) is 5.82 Å². The molecule has 0 amide bonds. The third-order valence-electron chi connectivity index (χ3n) is 5.07. The van der Waals surface area contributed by atoms with Crippen molar-refractivity contribution in [2.75, 3.05) is 24.7 Å². The fourth-order valence-corrected chi connectivity index (χ4v) is 4.56. The van der Waals surface area contributed by atoms with Crippen LogP contribution < -0.4 is 4.90 Å². The summed E-state index contributed by atoms with van der Waals surface area (Å²) >= 11 is 1.68. The summed E-state index contributed by atoms with van der Waals surface area (Å²) in [4.78, 5) is 11.6. The summed E-state index contributed by atoms with van der Waals surface area (Å²) in [6.07, 6.45) is 2.48. The van der Waals surface area contributed by atoms with Gasteiger partial charge in [-0.05, 0) is 44.7 Å². The second kappa shape index (κ2) is 7.40. The van der Waals surface area contributed by atoms with Crippen LogP contribution in [0.3, 0.4) is 0 Å². The first kappa shape index (κ1) is 16.9. The SMILES string of the molecule is Cc1cccc(N2CCO[C@@H]3C[C@H](COCc4csc(C)n4)C[C@@H]32)n1. The van der Waals surface area contributed by atoms with E-state index in [9.17, 15) is 0 Å². The van der Waals surface area contributed by atoms with Gasteiger partial charge in [-0.2, -0.15) is 0 Å². The number of nitrogens with zero attached hydrogens (tertiary/aromatic N) is 3. The zero-order valence-corrected chi connectivity index (χ0v) is 15.7. The highest BCUT2D eigenvalue weighted by molar-refractivity contribution is 7.09. The molecule has 1 aliphatic carbocycles. The highest BCUT2D eigenvalue weighted by Crippen LogP contribution is 2.36. The van der Waals surface area contributed by atoms with Crippen LogP contribution in [0.15, 0.2) is 23.6 Å². The molecule has 0 unspecified atom stereocenters. The van der Waals surface area contributed by atoms with Gasteiger partial charge in [-0.15, -0.1) is 11.3 Å². The van der Waals surface area contributed by atoms with Crippen LogP contribution in [0.2, 0.25) is 0 Å². The molecule has 134 valence electrons. The molecule has 0 N–H and O–H groups in total. The van der Waals surface area contributed by atoms with Crippen LogP contribution in [0.1, 0.15) is 29.2 Å². The Kier molecular flexibility index (Phi) is 5.01. The van der Waals surface area contributed by atoms with Gasteiger partial charge in [-0.3, -0.25) is 0 Å². The van der Waals surface area contributed by atoms with Crippen molar-refractivity contribution in [1.29, 1.82) is 0 Å². The summed E-state index contributed by atoms with van der Waals surface area (Å²) in [6.45, 7) is 7.17. The molecule has 2 fully saturated rings. The van der Waals surface area contributed by atoms with Crippen LogP contribution >= 0.6 is 11.3 Å². The molecule has 0 spiro atoms. The summed E-state index contributed by atoms with van der Waals surface area (Å²) in [5.41, 5.74) is 2.11. The zero-order valence-electron chi connectivity index (χ0n) is 14.9. The van der Waals surface area contributed by atoms with Crippen LogP contribution in [-0.2, 0) is 16.1 Å². The van der Waals surface area contributed by atoms with Crippen molar-refractivity contribution in [3.8, 4) is 0 Å². The van der Waals surface area contributed by atoms with E-state index in [1.807, 2.05) is 19.9 Å². The standard InChI is InChI=1S/C19H25N3O2S/c1-13-4-3-5-19(20-13)22-6-7-24-18-9-15(8-17(18)22)10-23-11-16-12-25-14(2)21-16/h3-5,12,15,17-18H,6-11H2,1-2H3/t15-,17+,18-/m1/s1. The molecule has 1 saturated carbocycles. The van der Waals surface area contributed by atoms with E-state index >= 15 is 0 Å². The van der Waals surface area contributed by atoms with E-state index in [0.29, 0.717) is 24.7 Å². The second-order valence-corrected chi connectivity index (χ2v) is 8.08. The first-order chi connectivity index (χ1) is 12.2. The monoisotopic (exact) mass is 359 g/mol. The Hall–Kier alpha value is -1.50. The summed E-state index contributed by atoms with van der Waals surface area (Å²) in [7, 11) is 0. The largest absolute Gasteiger partial charge is 0.375 e. The van der Waals surface area contributed by atoms with Crippen molar-refractivity contribution in [2.24, 2.45) is 5.92 Å². The Morgan fingerprint density at radius 1 is 1.28 bits per heavy atom. The molecular weight excluding hydrogens is 334 g/mol. The Morgan fingerprint density at radius 3 is 3.00 bits per heavy atom. The number of fused-ring (bicyclic) bond motifs is 1. The minimum absolute atomic E-state index is 0.297. The Labute approximate surface area is 153 Å². The lowest BCUT2D eigenvalue weighted by Gasteiger charge is -2.38. The van der Waals surface area contributed by atoms with Gasteiger partial charge in [-0.25, -0.2) is 9.97 Å². The minimum Gasteiger partial charge on any atom is -0.375 e. The Morgan fingerprint density at radius 2 is 2.20 bits per heavy atom. The predicted octanol–water partition coefficient (Wildman–Crippen LogP) is 3.36. The lowest BCUT2D eigenvalue weighted by molar-refractivity contribution is 0.0202. The van der Waals surface area contributed by atoms with E-state index in [1.165, 1.54) is 0 Å². The van der Waals surface area contributed by atoms with Gasteiger partial charge in [0.05, 0.1) is 42.7 Å². The topological polar surface area (TPSA) is 47.5 Å². The van der Waals surface area contributed by atoms with Gasteiger partial charge in [0.2, 0.25) is 0 Å². The third kappa shape index (κ3) is 3.86. The number of pyridine rings is 1. The maximum atomic E-state index is 6.05. The molecule has 1 aliphatic heterocycles. The number of morpholine rings is 1. The lowest BCUT2D eigenvalue weighted by atomic mass is 10.1.